The number of ether oxygens (including phenoxy) is 2. The van der Waals surface area contributed by atoms with Crippen LogP contribution in [0.1, 0.15) is 15.4 Å². The van der Waals surface area contributed by atoms with Gasteiger partial charge < -0.3 is 14.8 Å². The van der Waals surface area contributed by atoms with Crippen molar-refractivity contribution in [2.45, 2.75) is 6.18 Å². The van der Waals surface area contributed by atoms with Crippen LogP contribution in [0, 0.1) is 0 Å². The molecule has 6 nitrogen and oxygen atoms in total. The van der Waals surface area contributed by atoms with Crippen molar-refractivity contribution in [2.75, 3.05) is 19.5 Å². The van der Waals surface area contributed by atoms with E-state index in [1.165, 1.54) is 27.3 Å². The SMILES string of the molecule is COc1cccc(NC(=O)c2cc3c(C(F)(F)F)nn(C)c3s2)c1OC. The fourth-order valence-electron chi connectivity index (χ4n) is 2.53. The number of thiophene rings is 1. The zero-order valence-corrected chi connectivity index (χ0v) is 14.8. The van der Waals surface area contributed by atoms with Gasteiger partial charge in [-0.2, -0.15) is 18.3 Å². The lowest BCUT2D eigenvalue weighted by atomic mass is 10.2. The minimum absolute atomic E-state index is 0.104. The number of hydrogen-bond donors (Lipinski definition) is 1. The van der Waals surface area contributed by atoms with Gasteiger partial charge in [0, 0.05) is 12.4 Å². The Morgan fingerprint density at radius 2 is 2.00 bits per heavy atom. The first kappa shape index (κ1) is 18.1. The summed E-state index contributed by atoms with van der Waals surface area (Å²) in [6, 6.07) is 6.12. The molecule has 3 rings (SSSR count). The number of alkyl halides is 3. The predicted molar refractivity (Wildman–Crippen MR) is 91.1 cm³/mol. The number of aromatic nitrogens is 2. The average molecular weight is 385 g/mol. The number of nitrogens with one attached hydrogen (secondary N) is 1. The van der Waals surface area contributed by atoms with Crippen molar-refractivity contribution in [2.24, 2.45) is 7.05 Å². The third-order valence-electron chi connectivity index (χ3n) is 3.65. The van der Waals surface area contributed by atoms with Crippen LogP contribution in [-0.2, 0) is 13.2 Å². The molecule has 0 saturated carbocycles. The summed E-state index contributed by atoms with van der Waals surface area (Å²) in [5, 5.41) is 6.02. The molecule has 0 aliphatic rings. The summed E-state index contributed by atoms with van der Waals surface area (Å²) in [4.78, 5) is 12.9. The Kier molecular flexibility index (Phi) is 4.53. The molecule has 3 aromatic rings. The number of halogens is 3. The van der Waals surface area contributed by atoms with Crippen LogP contribution >= 0.6 is 11.3 Å². The summed E-state index contributed by atoms with van der Waals surface area (Å²) < 4.78 is 50.7. The first-order valence-electron chi connectivity index (χ1n) is 7.32. The largest absolute Gasteiger partial charge is 0.493 e. The first-order chi connectivity index (χ1) is 12.3. The van der Waals surface area contributed by atoms with Crippen LogP contribution in [0.15, 0.2) is 24.3 Å². The molecule has 0 spiro atoms. The molecule has 0 aliphatic heterocycles. The van der Waals surface area contributed by atoms with Crippen LogP contribution in [0.5, 0.6) is 11.5 Å². The number of nitrogens with zero attached hydrogens (tertiary/aromatic N) is 2. The minimum Gasteiger partial charge on any atom is -0.493 e. The second-order valence-corrected chi connectivity index (χ2v) is 6.33. The summed E-state index contributed by atoms with van der Waals surface area (Å²) in [5.41, 5.74) is -0.660. The number of fused-ring (bicyclic) bond motifs is 1. The second kappa shape index (κ2) is 6.52. The number of benzene rings is 1. The number of amides is 1. The molecule has 0 radical (unpaired) electrons. The number of rotatable bonds is 4. The van der Waals surface area contributed by atoms with Gasteiger partial charge in [0.05, 0.1) is 24.8 Å². The molecular weight excluding hydrogens is 371 g/mol. The van der Waals surface area contributed by atoms with Gasteiger partial charge >= 0.3 is 6.18 Å². The fourth-order valence-corrected chi connectivity index (χ4v) is 3.50. The molecule has 0 atom stereocenters. The van der Waals surface area contributed by atoms with Gasteiger partial charge in [0.25, 0.3) is 5.91 Å². The fraction of sp³-hybridized carbons (Fsp3) is 0.250. The highest BCUT2D eigenvalue weighted by atomic mass is 32.1. The van der Waals surface area contributed by atoms with E-state index in [2.05, 4.69) is 10.4 Å². The second-order valence-electron chi connectivity index (χ2n) is 5.29. The zero-order valence-electron chi connectivity index (χ0n) is 14.0. The standard InChI is InChI=1S/C16H14F3N3O3S/c1-22-15-8(13(21-22)16(17,18)19)7-11(26-15)14(23)20-9-5-4-6-10(24-2)12(9)25-3/h4-7H,1-3H3,(H,20,23). The van der Waals surface area contributed by atoms with Gasteiger partial charge in [-0.3, -0.25) is 9.48 Å². The molecule has 1 aromatic carbocycles. The molecule has 1 N–H and O–H groups in total. The third kappa shape index (κ3) is 3.07. The molecule has 0 aliphatic carbocycles. The van der Waals surface area contributed by atoms with Gasteiger partial charge in [0.1, 0.15) is 4.83 Å². The Balaban J connectivity index is 1.97. The number of aryl methyl sites for hydroxylation is 1. The molecule has 2 heterocycles. The van der Waals surface area contributed by atoms with Crippen molar-refractivity contribution < 1.29 is 27.4 Å². The molecule has 0 unspecified atom stereocenters. The lowest BCUT2D eigenvalue weighted by molar-refractivity contribution is -0.140. The van der Waals surface area contributed by atoms with Crippen LogP contribution in [-0.4, -0.2) is 29.9 Å². The maximum absolute atomic E-state index is 13.1. The van der Waals surface area contributed by atoms with E-state index in [-0.39, 0.29) is 15.1 Å². The number of anilines is 1. The van der Waals surface area contributed by atoms with Crippen molar-refractivity contribution in [3.05, 3.63) is 34.8 Å². The zero-order chi connectivity index (χ0) is 19.1. The Morgan fingerprint density at radius 1 is 1.27 bits per heavy atom. The van der Waals surface area contributed by atoms with E-state index in [4.69, 9.17) is 9.47 Å². The molecule has 10 heteroatoms. The number of carbonyl (C=O) groups is 1. The van der Waals surface area contributed by atoms with Crippen LogP contribution in [0.4, 0.5) is 18.9 Å². The van der Waals surface area contributed by atoms with Gasteiger partial charge in [0.2, 0.25) is 0 Å². The maximum atomic E-state index is 13.1. The highest BCUT2D eigenvalue weighted by Gasteiger charge is 2.37. The Morgan fingerprint density at radius 3 is 2.62 bits per heavy atom. The molecule has 2 aromatic heterocycles. The average Bonchev–Trinajstić information content (AvgIpc) is 3.14. The summed E-state index contributed by atoms with van der Waals surface area (Å²) in [6.07, 6.45) is -4.59. The topological polar surface area (TPSA) is 65.4 Å². The maximum Gasteiger partial charge on any atom is 0.435 e. The van der Waals surface area contributed by atoms with Gasteiger partial charge in [-0.1, -0.05) is 6.07 Å². The molecule has 0 bridgehead atoms. The summed E-state index contributed by atoms with van der Waals surface area (Å²) >= 11 is 0.928. The molecule has 0 saturated heterocycles. The highest BCUT2D eigenvalue weighted by molar-refractivity contribution is 7.20. The molecule has 1 amide bonds. The van der Waals surface area contributed by atoms with Crippen molar-refractivity contribution in [1.82, 2.24) is 9.78 Å². The summed E-state index contributed by atoms with van der Waals surface area (Å²) in [5.74, 6) is 0.193. The summed E-state index contributed by atoms with van der Waals surface area (Å²) in [7, 11) is 4.29. The van der Waals surface area contributed by atoms with Gasteiger partial charge in [0.15, 0.2) is 17.2 Å². The van der Waals surface area contributed by atoms with Crippen molar-refractivity contribution >= 4 is 33.1 Å². The smallest absolute Gasteiger partial charge is 0.435 e. The van der Waals surface area contributed by atoms with Crippen molar-refractivity contribution in [3.8, 4) is 11.5 Å². The van der Waals surface area contributed by atoms with E-state index in [9.17, 15) is 18.0 Å². The Bertz CT molecular complexity index is 978. The number of methoxy groups -OCH3 is 2. The quantitative estimate of drug-likeness (QED) is 0.739. The van der Waals surface area contributed by atoms with E-state index in [1.54, 1.807) is 18.2 Å². The predicted octanol–water partition coefficient (Wildman–Crippen LogP) is 3.92. The van der Waals surface area contributed by atoms with Crippen molar-refractivity contribution in [1.29, 1.82) is 0 Å². The Labute approximate surface area is 150 Å². The summed E-state index contributed by atoms with van der Waals surface area (Å²) in [6.45, 7) is 0. The van der Waals surface area contributed by atoms with Gasteiger partial charge in [-0.25, -0.2) is 0 Å². The van der Waals surface area contributed by atoms with Crippen molar-refractivity contribution in [3.63, 3.8) is 0 Å². The van der Waals surface area contributed by atoms with Gasteiger partial charge in [-0.05, 0) is 18.2 Å². The Hall–Kier alpha value is -2.75. The molecule has 138 valence electrons. The highest BCUT2D eigenvalue weighted by Crippen LogP contribution is 2.38. The van der Waals surface area contributed by atoms with Crippen LogP contribution < -0.4 is 14.8 Å². The third-order valence-corrected chi connectivity index (χ3v) is 4.86. The number of para-hydroxylation sites is 1. The minimum atomic E-state index is -4.59. The first-order valence-corrected chi connectivity index (χ1v) is 8.14. The monoisotopic (exact) mass is 385 g/mol. The van der Waals surface area contributed by atoms with Crippen LogP contribution in [0.3, 0.4) is 0 Å². The lowest BCUT2D eigenvalue weighted by Crippen LogP contribution is -2.12. The van der Waals surface area contributed by atoms with E-state index in [1.807, 2.05) is 0 Å². The molecule has 0 fully saturated rings. The lowest BCUT2D eigenvalue weighted by Gasteiger charge is -2.12. The van der Waals surface area contributed by atoms with Gasteiger partial charge in [-0.15, -0.1) is 11.3 Å². The van der Waals surface area contributed by atoms with Crippen LogP contribution in [0.25, 0.3) is 10.2 Å². The number of hydrogen-bond acceptors (Lipinski definition) is 5. The van der Waals surface area contributed by atoms with E-state index in [0.717, 1.165) is 16.0 Å². The number of carbonyl (C=O) groups excluding carboxylic acids is 1. The van der Waals surface area contributed by atoms with Crippen LogP contribution in [0.2, 0.25) is 0 Å². The van der Waals surface area contributed by atoms with E-state index >= 15 is 0 Å². The van der Waals surface area contributed by atoms with E-state index < -0.39 is 17.8 Å². The molecular formula is C16H14F3N3O3S. The van der Waals surface area contributed by atoms with E-state index in [0.29, 0.717) is 17.2 Å². The molecule has 26 heavy (non-hydrogen) atoms. The normalized spacial score (nSPS) is 11.6.